The van der Waals surface area contributed by atoms with Gasteiger partial charge in [0.1, 0.15) is 0 Å². The van der Waals surface area contributed by atoms with E-state index >= 15 is 0 Å². The highest BCUT2D eigenvalue weighted by Gasteiger charge is 2.03. The molecule has 0 N–H and O–H groups in total. The van der Waals surface area contributed by atoms with Crippen molar-refractivity contribution >= 4 is 5.78 Å². The molecule has 0 saturated heterocycles. The molecule has 0 radical (unpaired) electrons. The third-order valence-electron chi connectivity index (χ3n) is 2.13. The first kappa shape index (κ1) is 10.6. The first-order valence-electron chi connectivity index (χ1n) is 4.90. The van der Waals surface area contributed by atoms with Gasteiger partial charge in [-0.1, -0.05) is 6.92 Å². The SMILES string of the molecule is C#CCCCn1ccc(C(=O)CC)c1. The van der Waals surface area contributed by atoms with Gasteiger partial charge in [-0.05, 0) is 12.5 Å². The average Bonchev–Trinajstić information content (AvgIpc) is 2.66. The van der Waals surface area contributed by atoms with E-state index in [-0.39, 0.29) is 5.78 Å². The number of nitrogens with zero attached hydrogens (tertiary/aromatic N) is 1. The van der Waals surface area contributed by atoms with Crippen LogP contribution < -0.4 is 0 Å². The molecule has 1 rings (SSSR count). The molecule has 1 aromatic heterocycles. The third kappa shape index (κ3) is 2.77. The van der Waals surface area contributed by atoms with Crippen molar-refractivity contribution in [3.05, 3.63) is 24.0 Å². The van der Waals surface area contributed by atoms with Gasteiger partial charge in [0, 0.05) is 37.3 Å². The van der Waals surface area contributed by atoms with Crippen molar-refractivity contribution in [1.29, 1.82) is 0 Å². The molecule has 74 valence electrons. The highest BCUT2D eigenvalue weighted by atomic mass is 16.1. The van der Waals surface area contributed by atoms with Gasteiger partial charge in [0.15, 0.2) is 5.78 Å². The Morgan fingerprint density at radius 3 is 3.07 bits per heavy atom. The largest absolute Gasteiger partial charge is 0.353 e. The van der Waals surface area contributed by atoms with Gasteiger partial charge in [0.2, 0.25) is 0 Å². The van der Waals surface area contributed by atoms with Gasteiger partial charge in [-0.3, -0.25) is 4.79 Å². The van der Waals surface area contributed by atoms with E-state index in [2.05, 4.69) is 5.92 Å². The van der Waals surface area contributed by atoms with Gasteiger partial charge < -0.3 is 4.57 Å². The lowest BCUT2D eigenvalue weighted by molar-refractivity contribution is 0.0988. The number of carbonyl (C=O) groups excluding carboxylic acids is 1. The minimum absolute atomic E-state index is 0.195. The molecule has 0 fully saturated rings. The van der Waals surface area contributed by atoms with E-state index in [0.717, 1.165) is 24.9 Å². The van der Waals surface area contributed by atoms with Gasteiger partial charge in [-0.25, -0.2) is 0 Å². The number of carbonyl (C=O) groups is 1. The van der Waals surface area contributed by atoms with Crippen LogP contribution in [0.15, 0.2) is 18.5 Å². The van der Waals surface area contributed by atoms with Crippen molar-refractivity contribution in [1.82, 2.24) is 4.57 Å². The number of aryl methyl sites for hydroxylation is 1. The van der Waals surface area contributed by atoms with Crippen molar-refractivity contribution in [3.8, 4) is 12.3 Å². The smallest absolute Gasteiger partial charge is 0.164 e. The Kier molecular flexibility index (Phi) is 4.00. The fourth-order valence-electron chi connectivity index (χ4n) is 1.31. The molecule has 0 saturated carbocycles. The molecule has 0 bridgehead atoms. The van der Waals surface area contributed by atoms with E-state index in [1.165, 1.54) is 0 Å². The summed E-state index contributed by atoms with van der Waals surface area (Å²) in [5.74, 6) is 2.79. The summed E-state index contributed by atoms with van der Waals surface area (Å²) in [6.45, 7) is 2.76. The van der Waals surface area contributed by atoms with Crippen molar-refractivity contribution in [2.75, 3.05) is 0 Å². The molecule has 0 spiro atoms. The van der Waals surface area contributed by atoms with Gasteiger partial charge in [-0.15, -0.1) is 12.3 Å². The molecule has 1 aromatic rings. The van der Waals surface area contributed by atoms with Crippen LogP contribution in [0.25, 0.3) is 0 Å². The maximum atomic E-state index is 11.3. The van der Waals surface area contributed by atoms with E-state index in [1.807, 2.05) is 30.0 Å². The quantitative estimate of drug-likeness (QED) is 0.396. The lowest BCUT2D eigenvalue weighted by Gasteiger charge is -1.98. The number of Topliss-reactive ketones (excluding diaryl/α,β-unsaturated/α-hetero) is 1. The Labute approximate surface area is 84.9 Å². The summed E-state index contributed by atoms with van der Waals surface area (Å²) < 4.78 is 2.01. The minimum Gasteiger partial charge on any atom is -0.353 e. The maximum absolute atomic E-state index is 11.3. The van der Waals surface area contributed by atoms with Crippen molar-refractivity contribution in [2.45, 2.75) is 32.7 Å². The van der Waals surface area contributed by atoms with Gasteiger partial charge in [-0.2, -0.15) is 0 Å². The summed E-state index contributed by atoms with van der Waals surface area (Å²) in [5.41, 5.74) is 0.799. The molecule has 0 aliphatic heterocycles. The first-order chi connectivity index (χ1) is 6.77. The summed E-state index contributed by atoms with van der Waals surface area (Å²) in [4.78, 5) is 11.3. The van der Waals surface area contributed by atoms with Crippen molar-refractivity contribution < 1.29 is 4.79 Å². The van der Waals surface area contributed by atoms with Crippen molar-refractivity contribution in [2.24, 2.45) is 0 Å². The number of aromatic nitrogens is 1. The molecular weight excluding hydrogens is 174 g/mol. The fraction of sp³-hybridized carbons (Fsp3) is 0.417. The molecule has 2 nitrogen and oxygen atoms in total. The predicted molar refractivity (Wildman–Crippen MR) is 57.1 cm³/mol. The Hall–Kier alpha value is -1.49. The highest BCUT2D eigenvalue weighted by Crippen LogP contribution is 2.05. The van der Waals surface area contributed by atoms with Gasteiger partial charge in [0.05, 0.1) is 0 Å². The topological polar surface area (TPSA) is 22.0 Å². The standard InChI is InChI=1S/C12H15NO/c1-3-5-6-8-13-9-7-11(10-13)12(14)4-2/h1,7,9-10H,4-6,8H2,2H3. The van der Waals surface area contributed by atoms with E-state index in [1.54, 1.807) is 0 Å². The molecule has 0 aliphatic carbocycles. The van der Waals surface area contributed by atoms with Crippen LogP contribution in [0, 0.1) is 12.3 Å². The molecule has 0 aromatic carbocycles. The van der Waals surface area contributed by atoms with Crippen LogP contribution in [0.2, 0.25) is 0 Å². The third-order valence-corrected chi connectivity index (χ3v) is 2.13. The molecular formula is C12H15NO. The van der Waals surface area contributed by atoms with Crippen LogP contribution in [0.5, 0.6) is 0 Å². The summed E-state index contributed by atoms with van der Waals surface area (Å²) in [5, 5.41) is 0. The lowest BCUT2D eigenvalue weighted by atomic mass is 10.2. The zero-order valence-corrected chi connectivity index (χ0v) is 8.49. The number of unbranched alkanes of at least 4 members (excludes halogenated alkanes) is 1. The monoisotopic (exact) mass is 189 g/mol. The molecule has 14 heavy (non-hydrogen) atoms. The second-order valence-electron chi connectivity index (χ2n) is 3.22. The Bertz CT molecular complexity index is 343. The second-order valence-corrected chi connectivity index (χ2v) is 3.22. The molecule has 1 heterocycles. The van der Waals surface area contributed by atoms with Crippen LogP contribution in [0.4, 0.5) is 0 Å². The number of ketones is 1. The molecule has 2 heteroatoms. The lowest BCUT2D eigenvalue weighted by Crippen LogP contribution is -1.96. The Morgan fingerprint density at radius 1 is 1.64 bits per heavy atom. The van der Waals surface area contributed by atoms with Crippen molar-refractivity contribution in [3.63, 3.8) is 0 Å². The maximum Gasteiger partial charge on any atom is 0.164 e. The zero-order chi connectivity index (χ0) is 10.4. The van der Waals surface area contributed by atoms with Crippen LogP contribution in [0.1, 0.15) is 36.5 Å². The van der Waals surface area contributed by atoms with Crippen LogP contribution in [0.3, 0.4) is 0 Å². The molecule has 0 amide bonds. The highest BCUT2D eigenvalue weighted by molar-refractivity contribution is 5.95. The number of hydrogen-bond donors (Lipinski definition) is 0. The van der Waals surface area contributed by atoms with E-state index in [4.69, 9.17) is 6.42 Å². The molecule has 0 aliphatic rings. The summed E-state index contributed by atoms with van der Waals surface area (Å²) in [7, 11) is 0. The normalized spacial score (nSPS) is 9.71. The van der Waals surface area contributed by atoms with Gasteiger partial charge in [0.25, 0.3) is 0 Å². The average molecular weight is 189 g/mol. The predicted octanol–water partition coefficient (Wildman–Crippen LogP) is 2.49. The van der Waals surface area contributed by atoms with Crippen LogP contribution in [-0.2, 0) is 6.54 Å². The fourth-order valence-corrected chi connectivity index (χ4v) is 1.31. The molecule has 0 unspecified atom stereocenters. The second kappa shape index (κ2) is 5.29. The van der Waals surface area contributed by atoms with Crippen LogP contribution >= 0.6 is 0 Å². The zero-order valence-electron chi connectivity index (χ0n) is 8.49. The number of terminal acetylenes is 1. The minimum atomic E-state index is 0.195. The Balaban J connectivity index is 2.51. The van der Waals surface area contributed by atoms with E-state index < -0.39 is 0 Å². The number of hydrogen-bond acceptors (Lipinski definition) is 1. The van der Waals surface area contributed by atoms with Crippen LogP contribution in [-0.4, -0.2) is 10.4 Å². The van der Waals surface area contributed by atoms with E-state index in [9.17, 15) is 4.79 Å². The van der Waals surface area contributed by atoms with Gasteiger partial charge >= 0.3 is 0 Å². The molecule has 0 atom stereocenters. The summed E-state index contributed by atoms with van der Waals surface area (Å²) in [6, 6.07) is 1.86. The Morgan fingerprint density at radius 2 is 2.43 bits per heavy atom. The first-order valence-corrected chi connectivity index (χ1v) is 4.90. The summed E-state index contributed by atoms with van der Waals surface area (Å²) >= 11 is 0. The van der Waals surface area contributed by atoms with E-state index in [0.29, 0.717) is 6.42 Å². The summed E-state index contributed by atoms with van der Waals surface area (Å²) in [6.07, 6.45) is 11.3. The number of rotatable bonds is 5.